The third-order valence-corrected chi connectivity index (χ3v) is 2.78. The van der Waals surface area contributed by atoms with Gasteiger partial charge in [0.25, 0.3) is 0 Å². The number of hydrogen-bond donors (Lipinski definition) is 1. The molecule has 0 aliphatic heterocycles. The zero-order valence-corrected chi connectivity index (χ0v) is 11.9. The molecular formula is C11H12BrClF3NO. The maximum absolute atomic E-state index is 11.9. The first kappa shape index (κ1) is 15.6. The van der Waals surface area contributed by atoms with Gasteiger partial charge >= 0.3 is 6.18 Å². The average molecular weight is 347 g/mol. The molecule has 0 saturated carbocycles. The van der Waals surface area contributed by atoms with E-state index in [0.717, 1.165) is 4.47 Å². The predicted octanol–water partition coefficient (Wildman–Crippen LogP) is 4.02. The first-order chi connectivity index (χ1) is 8.28. The SMILES string of the molecule is CC(CNCC(F)(F)F)Oc1cc(Br)ccc1Cl. The molecule has 1 unspecified atom stereocenters. The van der Waals surface area contributed by atoms with Gasteiger partial charge in [-0.3, -0.25) is 0 Å². The van der Waals surface area contributed by atoms with Crippen molar-refractivity contribution in [3.8, 4) is 5.75 Å². The molecule has 0 fully saturated rings. The summed E-state index contributed by atoms with van der Waals surface area (Å²) in [5, 5.41) is 2.69. The second-order valence-electron chi connectivity index (χ2n) is 3.75. The van der Waals surface area contributed by atoms with Gasteiger partial charge in [-0.25, -0.2) is 0 Å². The molecule has 2 nitrogen and oxygen atoms in total. The van der Waals surface area contributed by atoms with Crippen LogP contribution in [0, 0.1) is 0 Å². The number of ether oxygens (including phenoxy) is 1. The van der Waals surface area contributed by atoms with Crippen molar-refractivity contribution < 1.29 is 17.9 Å². The molecule has 1 rings (SSSR count). The average Bonchev–Trinajstić information content (AvgIpc) is 2.21. The van der Waals surface area contributed by atoms with Crippen LogP contribution in [-0.2, 0) is 0 Å². The minimum atomic E-state index is -4.22. The molecule has 0 aliphatic rings. The van der Waals surface area contributed by atoms with E-state index >= 15 is 0 Å². The molecule has 0 saturated heterocycles. The molecule has 1 aromatic rings. The van der Waals surface area contributed by atoms with Gasteiger partial charge in [-0.15, -0.1) is 0 Å². The second kappa shape index (κ2) is 6.63. The molecule has 1 aromatic carbocycles. The molecule has 0 aromatic heterocycles. The summed E-state index contributed by atoms with van der Waals surface area (Å²) in [7, 11) is 0. The number of hydrogen-bond acceptors (Lipinski definition) is 2. The van der Waals surface area contributed by atoms with Crippen LogP contribution in [0.1, 0.15) is 6.92 Å². The maximum atomic E-state index is 11.9. The maximum Gasteiger partial charge on any atom is 0.401 e. The van der Waals surface area contributed by atoms with E-state index < -0.39 is 18.8 Å². The Bertz CT molecular complexity index is 400. The third kappa shape index (κ3) is 5.93. The Balaban J connectivity index is 2.44. The Morgan fingerprint density at radius 1 is 1.44 bits per heavy atom. The highest BCUT2D eigenvalue weighted by Crippen LogP contribution is 2.28. The molecule has 7 heteroatoms. The fraction of sp³-hybridized carbons (Fsp3) is 0.455. The van der Waals surface area contributed by atoms with Gasteiger partial charge in [0, 0.05) is 11.0 Å². The molecule has 1 atom stereocenters. The van der Waals surface area contributed by atoms with Crippen LogP contribution in [0.15, 0.2) is 22.7 Å². The Kier molecular flexibility index (Phi) is 5.75. The van der Waals surface area contributed by atoms with E-state index in [0.29, 0.717) is 10.8 Å². The van der Waals surface area contributed by atoms with Gasteiger partial charge < -0.3 is 10.1 Å². The Morgan fingerprint density at radius 3 is 2.72 bits per heavy atom. The van der Waals surface area contributed by atoms with Gasteiger partial charge in [0.05, 0.1) is 11.6 Å². The van der Waals surface area contributed by atoms with Crippen molar-refractivity contribution in [1.29, 1.82) is 0 Å². The Morgan fingerprint density at radius 2 is 2.11 bits per heavy atom. The Labute approximate surface area is 117 Å². The van der Waals surface area contributed by atoms with Gasteiger partial charge in [-0.05, 0) is 25.1 Å². The minimum Gasteiger partial charge on any atom is -0.488 e. The molecule has 0 heterocycles. The van der Waals surface area contributed by atoms with Crippen LogP contribution in [0.3, 0.4) is 0 Å². The van der Waals surface area contributed by atoms with Crippen molar-refractivity contribution in [1.82, 2.24) is 5.32 Å². The van der Waals surface area contributed by atoms with Gasteiger partial charge in [0.1, 0.15) is 11.9 Å². The predicted molar refractivity (Wildman–Crippen MR) is 68.2 cm³/mol. The molecule has 1 N–H and O–H groups in total. The first-order valence-electron chi connectivity index (χ1n) is 5.17. The third-order valence-electron chi connectivity index (χ3n) is 1.98. The summed E-state index contributed by atoms with van der Waals surface area (Å²) in [6, 6.07) is 5.07. The van der Waals surface area contributed by atoms with E-state index in [1.165, 1.54) is 0 Å². The number of nitrogens with one attached hydrogen (secondary N) is 1. The molecule has 102 valence electrons. The van der Waals surface area contributed by atoms with Crippen molar-refractivity contribution in [2.45, 2.75) is 19.2 Å². The molecule has 0 aliphatic carbocycles. The summed E-state index contributed by atoms with van der Waals surface area (Å²) in [6.07, 6.45) is -4.63. The summed E-state index contributed by atoms with van der Waals surface area (Å²) in [4.78, 5) is 0. The van der Waals surface area contributed by atoms with E-state index in [1.807, 2.05) is 0 Å². The van der Waals surface area contributed by atoms with Crippen molar-refractivity contribution in [3.63, 3.8) is 0 Å². The molecule has 0 spiro atoms. The number of rotatable bonds is 5. The Hall–Kier alpha value is -0.460. The highest BCUT2D eigenvalue weighted by atomic mass is 79.9. The molecule has 0 bridgehead atoms. The normalized spacial score (nSPS) is 13.4. The van der Waals surface area contributed by atoms with E-state index in [4.69, 9.17) is 16.3 Å². The van der Waals surface area contributed by atoms with Gasteiger partial charge in [0.15, 0.2) is 0 Å². The van der Waals surface area contributed by atoms with Crippen LogP contribution in [0.5, 0.6) is 5.75 Å². The van der Waals surface area contributed by atoms with E-state index in [1.54, 1.807) is 25.1 Å². The highest BCUT2D eigenvalue weighted by molar-refractivity contribution is 9.10. The van der Waals surface area contributed by atoms with Gasteiger partial charge in [0.2, 0.25) is 0 Å². The minimum absolute atomic E-state index is 0.0857. The van der Waals surface area contributed by atoms with Crippen LogP contribution in [0.2, 0.25) is 5.02 Å². The molecule has 0 amide bonds. The lowest BCUT2D eigenvalue weighted by Gasteiger charge is -2.17. The largest absolute Gasteiger partial charge is 0.488 e. The van der Waals surface area contributed by atoms with Crippen LogP contribution in [0.25, 0.3) is 0 Å². The van der Waals surface area contributed by atoms with Crippen LogP contribution >= 0.6 is 27.5 Å². The van der Waals surface area contributed by atoms with E-state index in [-0.39, 0.29) is 6.54 Å². The lowest BCUT2D eigenvalue weighted by atomic mass is 10.3. The van der Waals surface area contributed by atoms with Crippen LogP contribution in [0.4, 0.5) is 13.2 Å². The topological polar surface area (TPSA) is 21.3 Å². The van der Waals surface area contributed by atoms with Gasteiger partial charge in [-0.1, -0.05) is 27.5 Å². The molecular weight excluding hydrogens is 334 g/mol. The monoisotopic (exact) mass is 345 g/mol. The summed E-state index contributed by atoms with van der Waals surface area (Å²) >= 11 is 9.16. The van der Waals surface area contributed by atoms with Crippen molar-refractivity contribution in [3.05, 3.63) is 27.7 Å². The lowest BCUT2D eigenvalue weighted by Crippen LogP contribution is -2.35. The molecule has 0 radical (unpaired) electrons. The smallest absolute Gasteiger partial charge is 0.401 e. The lowest BCUT2D eigenvalue weighted by molar-refractivity contribution is -0.125. The summed E-state index contributed by atoms with van der Waals surface area (Å²) in [5.41, 5.74) is 0. The standard InChI is InChI=1S/C11H12BrClF3NO/c1-7(5-17-6-11(14,15)16)18-10-4-8(12)2-3-9(10)13/h2-4,7,17H,5-6H2,1H3. The first-order valence-corrected chi connectivity index (χ1v) is 6.34. The van der Waals surface area contributed by atoms with Crippen LogP contribution < -0.4 is 10.1 Å². The number of benzene rings is 1. The fourth-order valence-electron chi connectivity index (χ4n) is 1.24. The summed E-state index contributed by atoms with van der Waals surface area (Å²) in [5.74, 6) is 0.437. The molecule has 18 heavy (non-hydrogen) atoms. The van der Waals surface area contributed by atoms with Gasteiger partial charge in [-0.2, -0.15) is 13.2 Å². The van der Waals surface area contributed by atoms with Crippen molar-refractivity contribution in [2.24, 2.45) is 0 Å². The van der Waals surface area contributed by atoms with Crippen LogP contribution in [-0.4, -0.2) is 25.4 Å². The fourth-order valence-corrected chi connectivity index (χ4v) is 1.75. The summed E-state index contributed by atoms with van der Waals surface area (Å²) in [6.45, 7) is 0.718. The second-order valence-corrected chi connectivity index (χ2v) is 5.07. The highest BCUT2D eigenvalue weighted by Gasteiger charge is 2.26. The zero-order valence-electron chi connectivity index (χ0n) is 9.52. The number of alkyl halides is 3. The summed E-state index contributed by atoms with van der Waals surface area (Å²) < 4.78 is 42.0. The van der Waals surface area contributed by atoms with E-state index in [2.05, 4.69) is 21.2 Å². The quantitative estimate of drug-likeness (QED) is 0.869. The number of halogens is 5. The zero-order chi connectivity index (χ0) is 13.8. The van der Waals surface area contributed by atoms with Crippen molar-refractivity contribution >= 4 is 27.5 Å². The van der Waals surface area contributed by atoms with Crippen molar-refractivity contribution in [2.75, 3.05) is 13.1 Å². The van der Waals surface area contributed by atoms with E-state index in [9.17, 15) is 13.2 Å².